The van der Waals surface area contributed by atoms with Crippen molar-refractivity contribution in [3.63, 3.8) is 0 Å². The first-order valence-corrected chi connectivity index (χ1v) is 1.65. The Morgan fingerprint density at radius 2 is 2.50 bits per heavy atom. The summed E-state index contributed by atoms with van der Waals surface area (Å²) < 4.78 is 4.51. The molecule has 0 heterocycles. The second-order valence-corrected chi connectivity index (χ2v) is 0.711. The molecule has 2 heteroatoms. The van der Waals surface area contributed by atoms with E-state index in [-0.39, 0.29) is 6.61 Å². The summed E-state index contributed by atoms with van der Waals surface area (Å²) in [4.78, 5) is 0. The number of hydrogen-bond donors (Lipinski definition) is 0. The Labute approximate surface area is 37.3 Å². The molecule has 0 aliphatic rings. The highest BCUT2D eigenvalue weighted by Gasteiger charge is 1.71. The Bertz CT molecular complexity index is 55.1. The minimum Gasteiger partial charge on any atom is -0.367 e. The molecule has 0 bridgehead atoms. The van der Waals surface area contributed by atoms with Gasteiger partial charge in [-0.25, -0.2) is 0 Å². The molecule has 0 aliphatic heterocycles. The quantitative estimate of drug-likeness (QED) is 0.452. The van der Waals surface area contributed by atoms with Crippen LogP contribution in [0.15, 0.2) is 0 Å². The van der Waals surface area contributed by atoms with E-state index >= 15 is 0 Å². The number of hydrogen-bond acceptors (Lipinski definition) is 2. The van der Waals surface area contributed by atoms with E-state index in [1.807, 2.05) is 0 Å². The van der Waals surface area contributed by atoms with Crippen molar-refractivity contribution in [2.75, 3.05) is 13.2 Å². The van der Waals surface area contributed by atoms with Gasteiger partial charge in [0.15, 0.2) is 0 Å². The van der Waals surface area contributed by atoms with Crippen molar-refractivity contribution in [1.29, 1.82) is 5.26 Å². The van der Waals surface area contributed by atoms with E-state index < -0.39 is 0 Å². The summed E-state index contributed by atoms with van der Waals surface area (Å²) in [6.07, 6.45) is 0. The van der Waals surface area contributed by atoms with Gasteiger partial charge in [-0.3, -0.25) is 0 Å². The second-order valence-electron chi connectivity index (χ2n) is 0.711. The normalized spacial score (nSPS) is 7.33. The molecule has 0 rings (SSSR count). The fourth-order valence-corrected chi connectivity index (χ4v) is 0.118. The van der Waals surface area contributed by atoms with Gasteiger partial charge in [0.2, 0.25) is 0 Å². The standard InChI is InChI=1S/C4H6NO/c1-2-6-4-3-5/h1-2,4H2. The molecule has 0 saturated heterocycles. The van der Waals surface area contributed by atoms with Crippen LogP contribution in [0.4, 0.5) is 0 Å². The van der Waals surface area contributed by atoms with Crippen LogP contribution < -0.4 is 0 Å². The molecule has 0 fully saturated rings. The third kappa shape index (κ3) is 3.45. The zero-order valence-electron chi connectivity index (χ0n) is 3.48. The zero-order valence-corrected chi connectivity index (χ0v) is 3.48. The first-order valence-electron chi connectivity index (χ1n) is 1.65. The number of nitriles is 1. The monoisotopic (exact) mass is 84.0 g/mol. The molecule has 33 valence electrons. The van der Waals surface area contributed by atoms with Crippen LogP contribution in [0.3, 0.4) is 0 Å². The summed E-state index contributed by atoms with van der Waals surface area (Å²) >= 11 is 0. The van der Waals surface area contributed by atoms with Gasteiger partial charge in [0.05, 0.1) is 6.07 Å². The molecule has 0 aromatic heterocycles. The van der Waals surface area contributed by atoms with Gasteiger partial charge in [-0.1, -0.05) is 0 Å². The number of rotatable bonds is 2. The van der Waals surface area contributed by atoms with Crippen LogP contribution in [0, 0.1) is 18.3 Å². The smallest absolute Gasteiger partial charge is 0.133 e. The molecule has 0 N–H and O–H groups in total. The lowest BCUT2D eigenvalue weighted by atomic mass is 10.8. The van der Waals surface area contributed by atoms with E-state index in [9.17, 15) is 0 Å². The maximum Gasteiger partial charge on any atom is 0.133 e. The first-order chi connectivity index (χ1) is 2.91. The van der Waals surface area contributed by atoms with Crippen molar-refractivity contribution in [3.05, 3.63) is 6.92 Å². The predicted octanol–water partition coefficient (Wildman–Crippen LogP) is 0.361. The highest BCUT2D eigenvalue weighted by Crippen LogP contribution is 1.64. The molecule has 1 radical (unpaired) electrons. The lowest BCUT2D eigenvalue weighted by molar-refractivity contribution is 0.196. The Morgan fingerprint density at radius 3 is 2.67 bits per heavy atom. The van der Waals surface area contributed by atoms with Gasteiger partial charge in [-0.15, -0.1) is 0 Å². The molecule has 0 amide bonds. The number of nitrogens with zero attached hydrogens (tertiary/aromatic N) is 1. The Balaban J connectivity index is 2.54. The Hall–Kier alpha value is -0.550. The molecule has 0 spiro atoms. The maximum absolute atomic E-state index is 7.79. The van der Waals surface area contributed by atoms with Crippen molar-refractivity contribution in [2.24, 2.45) is 0 Å². The van der Waals surface area contributed by atoms with Crippen LogP contribution in [0.25, 0.3) is 0 Å². The van der Waals surface area contributed by atoms with Gasteiger partial charge in [0, 0.05) is 6.61 Å². The van der Waals surface area contributed by atoms with Gasteiger partial charge in [-0.2, -0.15) is 5.26 Å². The van der Waals surface area contributed by atoms with Crippen molar-refractivity contribution in [2.45, 2.75) is 0 Å². The third-order valence-corrected chi connectivity index (χ3v) is 0.311. The summed E-state index contributed by atoms with van der Waals surface area (Å²) in [6.45, 7) is 3.89. The molecule has 2 nitrogen and oxygen atoms in total. The van der Waals surface area contributed by atoms with Crippen LogP contribution in [0.2, 0.25) is 0 Å². The van der Waals surface area contributed by atoms with Crippen molar-refractivity contribution < 1.29 is 4.74 Å². The SMILES string of the molecule is [CH2]COCC#N. The van der Waals surface area contributed by atoms with Crippen LogP contribution in [-0.2, 0) is 4.74 Å². The summed E-state index contributed by atoms with van der Waals surface area (Å²) in [5.74, 6) is 0. The van der Waals surface area contributed by atoms with Gasteiger partial charge >= 0.3 is 0 Å². The molecule has 0 unspecified atom stereocenters. The lowest BCUT2D eigenvalue weighted by Gasteiger charge is -1.84. The van der Waals surface area contributed by atoms with Crippen LogP contribution >= 0.6 is 0 Å². The van der Waals surface area contributed by atoms with Crippen molar-refractivity contribution in [1.82, 2.24) is 0 Å². The van der Waals surface area contributed by atoms with Gasteiger partial charge in [0.1, 0.15) is 6.61 Å². The average Bonchev–Trinajstić information content (AvgIpc) is 1.61. The largest absolute Gasteiger partial charge is 0.367 e. The highest BCUT2D eigenvalue weighted by molar-refractivity contribution is 4.65. The maximum atomic E-state index is 7.79. The van der Waals surface area contributed by atoms with Gasteiger partial charge in [-0.05, 0) is 6.92 Å². The van der Waals surface area contributed by atoms with E-state index in [4.69, 9.17) is 5.26 Å². The third-order valence-electron chi connectivity index (χ3n) is 0.311. The zero-order chi connectivity index (χ0) is 4.83. The molecular weight excluding hydrogens is 78.0 g/mol. The number of ether oxygens (including phenoxy) is 1. The summed E-state index contributed by atoms with van der Waals surface area (Å²) in [7, 11) is 0. The summed E-state index contributed by atoms with van der Waals surface area (Å²) in [5, 5.41) is 7.79. The molecule has 0 aromatic carbocycles. The first kappa shape index (κ1) is 5.45. The summed E-state index contributed by atoms with van der Waals surface area (Å²) in [6, 6.07) is 1.81. The van der Waals surface area contributed by atoms with E-state index in [2.05, 4.69) is 11.7 Å². The topological polar surface area (TPSA) is 33.0 Å². The molecule has 0 atom stereocenters. The van der Waals surface area contributed by atoms with Gasteiger partial charge in [0.25, 0.3) is 0 Å². The molecule has 0 aromatic rings. The van der Waals surface area contributed by atoms with E-state index in [1.54, 1.807) is 6.07 Å². The van der Waals surface area contributed by atoms with Crippen molar-refractivity contribution in [3.8, 4) is 6.07 Å². The second kappa shape index (κ2) is 4.45. The minimum atomic E-state index is 0.156. The molecule has 0 saturated carbocycles. The lowest BCUT2D eigenvalue weighted by Crippen LogP contribution is -1.87. The summed E-state index contributed by atoms with van der Waals surface area (Å²) in [5.41, 5.74) is 0. The molecule has 6 heavy (non-hydrogen) atoms. The Kier molecular flexibility index (Phi) is 4.04. The van der Waals surface area contributed by atoms with Crippen molar-refractivity contribution >= 4 is 0 Å². The van der Waals surface area contributed by atoms with E-state index in [0.29, 0.717) is 6.61 Å². The van der Waals surface area contributed by atoms with Crippen LogP contribution in [0.5, 0.6) is 0 Å². The van der Waals surface area contributed by atoms with E-state index in [1.165, 1.54) is 0 Å². The fraction of sp³-hybridized carbons (Fsp3) is 0.500. The highest BCUT2D eigenvalue weighted by atomic mass is 16.5. The molecule has 0 aliphatic carbocycles. The molecular formula is C4H6NO. The van der Waals surface area contributed by atoms with Crippen LogP contribution in [0.1, 0.15) is 0 Å². The van der Waals surface area contributed by atoms with E-state index in [0.717, 1.165) is 0 Å². The average molecular weight is 84.1 g/mol. The van der Waals surface area contributed by atoms with Gasteiger partial charge < -0.3 is 4.74 Å². The minimum absolute atomic E-state index is 0.156. The predicted molar refractivity (Wildman–Crippen MR) is 21.8 cm³/mol. The van der Waals surface area contributed by atoms with Crippen LogP contribution in [-0.4, -0.2) is 13.2 Å². The fourth-order valence-electron chi connectivity index (χ4n) is 0.118. The Morgan fingerprint density at radius 1 is 1.83 bits per heavy atom.